The smallest absolute Gasteiger partial charge is 0.251 e. The Morgan fingerprint density at radius 1 is 1.47 bits per heavy atom. The first-order valence-electron chi connectivity index (χ1n) is 6.98. The van der Waals surface area contributed by atoms with Gasteiger partial charge in [0.15, 0.2) is 0 Å². The third-order valence-corrected chi connectivity index (χ3v) is 3.49. The van der Waals surface area contributed by atoms with Crippen molar-refractivity contribution >= 4 is 11.7 Å². The van der Waals surface area contributed by atoms with Crippen LogP contribution in [-0.4, -0.2) is 23.6 Å². The van der Waals surface area contributed by atoms with Crippen molar-refractivity contribution in [3.8, 4) is 0 Å². The highest BCUT2D eigenvalue weighted by molar-refractivity contribution is 5.90. The molecule has 1 aromatic rings. The summed E-state index contributed by atoms with van der Waals surface area (Å²) in [5.74, 6) is 1.17. The van der Waals surface area contributed by atoms with E-state index in [0.29, 0.717) is 11.7 Å². The van der Waals surface area contributed by atoms with Crippen molar-refractivity contribution in [1.82, 2.24) is 4.98 Å². The summed E-state index contributed by atoms with van der Waals surface area (Å²) in [4.78, 5) is 16.0. The largest absolute Gasteiger partial charge is 0.368 e. The number of amides is 1. The number of nitrogens with zero attached hydrogens (tertiary/aromatic N) is 1. The highest BCUT2D eigenvalue weighted by atomic mass is 16.5. The van der Waals surface area contributed by atoms with Gasteiger partial charge in [0, 0.05) is 5.69 Å². The summed E-state index contributed by atoms with van der Waals surface area (Å²) in [6.07, 6.45) is 4.85. The Hall–Kier alpha value is -1.42. The molecule has 0 aliphatic heterocycles. The van der Waals surface area contributed by atoms with Gasteiger partial charge in [-0.1, -0.05) is 25.8 Å². The number of hydrogen-bond acceptors (Lipinski definition) is 3. The first kappa shape index (κ1) is 14.0. The Bertz CT molecular complexity index is 434. The molecule has 1 aliphatic rings. The molecule has 1 saturated carbocycles. The van der Waals surface area contributed by atoms with E-state index >= 15 is 0 Å². The minimum Gasteiger partial charge on any atom is -0.368 e. The zero-order valence-electron chi connectivity index (χ0n) is 11.7. The van der Waals surface area contributed by atoms with Crippen LogP contribution in [0.5, 0.6) is 0 Å². The molecule has 1 N–H and O–H groups in total. The number of hydrogen-bond donors (Lipinski definition) is 1. The van der Waals surface area contributed by atoms with Crippen LogP contribution in [0, 0.1) is 12.8 Å². The standard InChI is InChI=1S/C15H22N2O2/c1-11-5-3-7-13(9-11)19-10-15(18)17-14-8-4-6-12(2)16-14/h4,6,8,11,13H,3,5,7,9-10H2,1-2H3,(H,16,17,18). The lowest BCUT2D eigenvalue weighted by atomic mass is 9.89. The maximum atomic E-state index is 11.8. The summed E-state index contributed by atoms with van der Waals surface area (Å²) in [5, 5.41) is 2.76. The summed E-state index contributed by atoms with van der Waals surface area (Å²) >= 11 is 0. The number of carbonyl (C=O) groups excluding carboxylic acids is 1. The fourth-order valence-corrected chi connectivity index (χ4v) is 2.51. The molecular weight excluding hydrogens is 240 g/mol. The van der Waals surface area contributed by atoms with Gasteiger partial charge in [-0.25, -0.2) is 4.98 Å². The molecule has 1 fully saturated rings. The van der Waals surface area contributed by atoms with E-state index in [0.717, 1.165) is 18.5 Å². The monoisotopic (exact) mass is 262 g/mol. The number of rotatable bonds is 4. The zero-order valence-corrected chi connectivity index (χ0v) is 11.7. The molecule has 0 radical (unpaired) electrons. The summed E-state index contributed by atoms with van der Waals surface area (Å²) in [6.45, 7) is 4.26. The lowest BCUT2D eigenvalue weighted by Gasteiger charge is -2.26. The van der Waals surface area contributed by atoms with Crippen molar-refractivity contribution in [2.75, 3.05) is 11.9 Å². The highest BCUT2D eigenvalue weighted by Gasteiger charge is 2.20. The van der Waals surface area contributed by atoms with E-state index in [1.54, 1.807) is 6.07 Å². The Morgan fingerprint density at radius 2 is 2.32 bits per heavy atom. The summed E-state index contributed by atoms with van der Waals surface area (Å²) in [6, 6.07) is 5.56. The van der Waals surface area contributed by atoms with Gasteiger partial charge in [0.1, 0.15) is 12.4 Å². The second-order valence-corrected chi connectivity index (χ2v) is 5.42. The van der Waals surface area contributed by atoms with E-state index in [1.807, 2.05) is 19.1 Å². The third kappa shape index (κ3) is 4.63. The molecule has 1 aliphatic carbocycles. The molecule has 2 unspecified atom stereocenters. The third-order valence-electron chi connectivity index (χ3n) is 3.49. The van der Waals surface area contributed by atoms with Gasteiger partial charge in [0.2, 0.25) is 0 Å². The molecular formula is C15H22N2O2. The van der Waals surface area contributed by atoms with Crippen LogP contribution in [0.25, 0.3) is 0 Å². The van der Waals surface area contributed by atoms with Crippen LogP contribution in [0.15, 0.2) is 18.2 Å². The van der Waals surface area contributed by atoms with Gasteiger partial charge < -0.3 is 10.1 Å². The quantitative estimate of drug-likeness (QED) is 0.907. The van der Waals surface area contributed by atoms with Gasteiger partial charge in [-0.2, -0.15) is 0 Å². The van der Waals surface area contributed by atoms with E-state index in [9.17, 15) is 4.79 Å². The summed E-state index contributed by atoms with van der Waals surface area (Å²) in [5.41, 5.74) is 0.889. The van der Waals surface area contributed by atoms with Crippen LogP contribution in [-0.2, 0) is 9.53 Å². The average molecular weight is 262 g/mol. The SMILES string of the molecule is Cc1cccc(NC(=O)COC2CCCC(C)C2)n1. The Balaban J connectivity index is 1.75. The number of carbonyl (C=O) groups is 1. The van der Waals surface area contributed by atoms with Crippen molar-refractivity contribution in [3.63, 3.8) is 0 Å². The molecule has 4 nitrogen and oxygen atoms in total. The van der Waals surface area contributed by atoms with E-state index in [1.165, 1.54) is 12.8 Å². The molecule has 0 saturated heterocycles. The van der Waals surface area contributed by atoms with Crippen LogP contribution < -0.4 is 5.32 Å². The molecule has 19 heavy (non-hydrogen) atoms. The fourth-order valence-electron chi connectivity index (χ4n) is 2.51. The molecule has 104 valence electrons. The molecule has 2 atom stereocenters. The molecule has 0 spiro atoms. The first-order chi connectivity index (χ1) is 9.13. The molecule has 1 amide bonds. The predicted molar refractivity (Wildman–Crippen MR) is 75.0 cm³/mol. The van der Waals surface area contributed by atoms with Crippen molar-refractivity contribution in [2.24, 2.45) is 5.92 Å². The average Bonchev–Trinajstić information content (AvgIpc) is 2.36. The number of ether oxygens (including phenoxy) is 1. The highest BCUT2D eigenvalue weighted by Crippen LogP contribution is 2.25. The Kier molecular flexibility index (Phi) is 4.91. The van der Waals surface area contributed by atoms with Gasteiger partial charge in [0.05, 0.1) is 6.10 Å². The van der Waals surface area contributed by atoms with E-state index in [4.69, 9.17) is 4.74 Å². The van der Waals surface area contributed by atoms with Crippen LogP contribution in [0.2, 0.25) is 0 Å². The first-order valence-corrected chi connectivity index (χ1v) is 6.98. The van der Waals surface area contributed by atoms with Crippen LogP contribution in [0.3, 0.4) is 0 Å². The number of aromatic nitrogens is 1. The Morgan fingerprint density at radius 3 is 3.05 bits per heavy atom. The van der Waals surface area contributed by atoms with E-state index in [2.05, 4.69) is 17.2 Å². The minimum absolute atomic E-state index is 0.118. The van der Waals surface area contributed by atoms with Crippen LogP contribution in [0.4, 0.5) is 5.82 Å². The number of aryl methyl sites for hydroxylation is 1. The van der Waals surface area contributed by atoms with Gasteiger partial charge in [0.25, 0.3) is 5.91 Å². The molecule has 0 aromatic carbocycles. The molecule has 0 bridgehead atoms. The van der Waals surface area contributed by atoms with Gasteiger partial charge in [-0.15, -0.1) is 0 Å². The second-order valence-electron chi connectivity index (χ2n) is 5.42. The maximum absolute atomic E-state index is 11.8. The summed E-state index contributed by atoms with van der Waals surface area (Å²) < 4.78 is 5.68. The van der Waals surface area contributed by atoms with Crippen LogP contribution >= 0.6 is 0 Å². The topological polar surface area (TPSA) is 51.2 Å². The lowest BCUT2D eigenvalue weighted by molar-refractivity contribution is -0.123. The lowest BCUT2D eigenvalue weighted by Crippen LogP contribution is -2.27. The predicted octanol–water partition coefficient (Wildman–Crippen LogP) is 2.92. The molecule has 1 heterocycles. The van der Waals surface area contributed by atoms with Gasteiger partial charge in [-0.05, 0) is 37.8 Å². The van der Waals surface area contributed by atoms with Crippen LogP contribution in [0.1, 0.15) is 38.3 Å². The normalized spacial score (nSPS) is 23.1. The van der Waals surface area contributed by atoms with E-state index < -0.39 is 0 Å². The van der Waals surface area contributed by atoms with Crippen molar-refractivity contribution in [1.29, 1.82) is 0 Å². The van der Waals surface area contributed by atoms with Crippen molar-refractivity contribution in [2.45, 2.75) is 45.6 Å². The minimum atomic E-state index is -0.128. The number of nitrogens with one attached hydrogen (secondary N) is 1. The van der Waals surface area contributed by atoms with Crippen molar-refractivity contribution in [3.05, 3.63) is 23.9 Å². The molecule has 4 heteroatoms. The van der Waals surface area contributed by atoms with E-state index in [-0.39, 0.29) is 18.6 Å². The molecule has 2 rings (SSSR count). The van der Waals surface area contributed by atoms with Gasteiger partial charge in [-0.3, -0.25) is 4.79 Å². The number of anilines is 1. The van der Waals surface area contributed by atoms with Crippen molar-refractivity contribution < 1.29 is 9.53 Å². The maximum Gasteiger partial charge on any atom is 0.251 e. The van der Waals surface area contributed by atoms with Gasteiger partial charge >= 0.3 is 0 Å². The molecule has 1 aromatic heterocycles. The Labute approximate surface area is 114 Å². The summed E-state index contributed by atoms with van der Waals surface area (Å²) in [7, 11) is 0. The fraction of sp³-hybridized carbons (Fsp3) is 0.600. The number of pyridine rings is 1. The zero-order chi connectivity index (χ0) is 13.7. The second kappa shape index (κ2) is 6.66.